The Hall–Kier alpha value is -1.63. The minimum Gasteiger partial charge on any atom is -0.398 e. The highest BCUT2D eigenvalue weighted by molar-refractivity contribution is 7.93. The van der Waals surface area contributed by atoms with Crippen LogP contribution in [0.25, 0.3) is 0 Å². The molecule has 1 aliphatic rings. The molecule has 1 aromatic rings. The number of anilines is 1. The zero-order valence-corrected chi connectivity index (χ0v) is 12.6. The lowest BCUT2D eigenvalue weighted by atomic mass is 10.2. The number of nitrogen functional groups attached to an aromatic ring is 1. The molecule has 1 fully saturated rings. The van der Waals surface area contributed by atoms with E-state index in [0.29, 0.717) is 0 Å². The molecule has 0 saturated heterocycles. The molecule has 5 nitrogen and oxygen atoms in total. The molecule has 116 valence electrons. The molecular formula is C14H19FN2O3S. The van der Waals surface area contributed by atoms with Gasteiger partial charge in [-0.15, -0.1) is 0 Å². The van der Waals surface area contributed by atoms with E-state index in [1.807, 2.05) is 0 Å². The van der Waals surface area contributed by atoms with Crippen molar-refractivity contribution in [3.63, 3.8) is 0 Å². The van der Waals surface area contributed by atoms with E-state index in [0.717, 1.165) is 37.8 Å². The van der Waals surface area contributed by atoms with Gasteiger partial charge in [0, 0.05) is 6.04 Å². The van der Waals surface area contributed by atoms with Crippen LogP contribution < -0.4 is 11.1 Å². The molecule has 1 aromatic carbocycles. The van der Waals surface area contributed by atoms with Gasteiger partial charge in [-0.1, -0.05) is 12.8 Å². The summed E-state index contributed by atoms with van der Waals surface area (Å²) in [4.78, 5) is 11.8. The molecule has 0 aliphatic heterocycles. The predicted octanol–water partition coefficient (Wildman–Crippen LogP) is 1.63. The number of hydrogen-bond acceptors (Lipinski definition) is 4. The Labute approximate surface area is 123 Å². The highest BCUT2D eigenvalue weighted by Crippen LogP contribution is 2.24. The van der Waals surface area contributed by atoms with Gasteiger partial charge in [0.25, 0.3) is 0 Å². The fourth-order valence-corrected chi connectivity index (χ4v) is 3.88. The maximum absolute atomic E-state index is 13.2. The maximum atomic E-state index is 13.2. The molecule has 1 amide bonds. The predicted molar refractivity (Wildman–Crippen MR) is 77.9 cm³/mol. The van der Waals surface area contributed by atoms with Gasteiger partial charge in [-0.3, -0.25) is 4.79 Å². The van der Waals surface area contributed by atoms with Crippen LogP contribution in [0.1, 0.15) is 32.6 Å². The monoisotopic (exact) mass is 314 g/mol. The Morgan fingerprint density at radius 1 is 1.38 bits per heavy atom. The van der Waals surface area contributed by atoms with E-state index in [9.17, 15) is 17.6 Å². The van der Waals surface area contributed by atoms with E-state index >= 15 is 0 Å². The molecule has 0 heterocycles. The summed E-state index contributed by atoms with van der Waals surface area (Å²) in [7, 11) is -4.01. The quantitative estimate of drug-likeness (QED) is 0.827. The molecule has 1 unspecified atom stereocenters. The minimum absolute atomic E-state index is 0.0278. The third-order valence-corrected chi connectivity index (χ3v) is 5.93. The van der Waals surface area contributed by atoms with Gasteiger partial charge in [0.15, 0.2) is 9.84 Å². The van der Waals surface area contributed by atoms with Crippen molar-refractivity contribution < 1.29 is 17.6 Å². The average Bonchev–Trinajstić information content (AvgIpc) is 2.93. The topological polar surface area (TPSA) is 89.3 Å². The summed E-state index contributed by atoms with van der Waals surface area (Å²) >= 11 is 0. The highest BCUT2D eigenvalue weighted by atomic mass is 32.2. The molecule has 1 aliphatic carbocycles. The first-order valence-electron chi connectivity index (χ1n) is 6.91. The molecule has 7 heteroatoms. The zero-order valence-electron chi connectivity index (χ0n) is 11.8. The highest BCUT2D eigenvalue weighted by Gasteiger charge is 2.33. The van der Waals surface area contributed by atoms with Crippen molar-refractivity contribution in [2.45, 2.75) is 48.8 Å². The van der Waals surface area contributed by atoms with Crippen LogP contribution in [0.2, 0.25) is 0 Å². The Morgan fingerprint density at radius 3 is 2.62 bits per heavy atom. The second-order valence-electron chi connectivity index (χ2n) is 5.36. The van der Waals surface area contributed by atoms with Crippen molar-refractivity contribution in [2.75, 3.05) is 5.73 Å². The van der Waals surface area contributed by atoms with Gasteiger partial charge >= 0.3 is 0 Å². The second-order valence-corrected chi connectivity index (χ2v) is 7.60. The number of hydrogen-bond donors (Lipinski definition) is 2. The van der Waals surface area contributed by atoms with Gasteiger partial charge in [-0.25, -0.2) is 12.8 Å². The van der Waals surface area contributed by atoms with Crippen LogP contribution in [0, 0.1) is 5.82 Å². The molecule has 0 spiro atoms. The summed E-state index contributed by atoms with van der Waals surface area (Å²) in [6, 6.07) is 3.14. The van der Waals surface area contributed by atoms with E-state index in [-0.39, 0.29) is 16.6 Å². The lowest BCUT2D eigenvalue weighted by Gasteiger charge is -2.18. The number of carbonyl (C=O) groups excluding carboxylic acids is 1. The number of halogens is 1. The first-order valence-corrected chi connectivity index (χ1v) is 8.46. The molecule has 0 aromatic heterocycles. The van der Waals surface area contributed by atoms with Crippen LogP contribution in [-0.4, -0.2) is 25.6 Å². The third-order valence-electron chi connectivity index (χ3n) is 3.82. The molecule has 2 rings (SSSR count). The summed E-state index contributed by atoms with van der Waals surface area (Å²) in [6.07, 6.45) is 3.78. The van der Waals surface area contributed by atoms with Crippen LogP contribution in [0.15, 0.2) is 23.1 Å². The van der Waals surface area contributed by atoms with Gasteiger partial charge in [0.2, 0.25) is 5.91 Å². The number of rotatable bonds is 4. The molecule has 0 radical (unpaired) electrons. The second kappa shape index (κ2) is 6.01. The zero-order chi connectivity index (χ0) is 15.6. The van der Waals surface area contributed by atoms with E-state index in [1.54, 1.807) is 0 Å². The van der Waals surface area contributed by atoms with Gasteiger partial charge in [0.05, 0.1) is 10.6 Å². The van der Waals surface area contributed by atoms with E-state index in [2.05, 4.69) is 5.32 Å². The van der Waals surface area contributed by atoms with Crippen LogP contribution >= 0.6 is 0 Å². The summed E-state index contributed by atoms with van der Waals surface area (Å²) in [5.41, 5.74) is 5.54. The molecule has 21 heavy (non-hydrogen) atoms. The van der Waals surface area contributed by atoms with Crippen LogP contribution in [-0.2, 0) is 14.6 Å². The lowest BCUT2D eigenvalue weighted by molar-refractivity contribution is -0.121. The van der Waals surface area contributed by atoms with Crippen molar-refractivity contribution in [3.05, 3.63) is 24.0 Å². The first-order chi connectivity index (χ1) is 9.82. The summed E-state index contributed by atoms with van der Waals surface area (Å²) in [6.45, 7) is 1.30. The molecule has 3 N–H and O–H groups in total. The Balaban J connectivity index is 2.21. The number of carbonyl (C=O) groups is 1. The van der Waals surface area contributed by atoms with Crippen molar-refractivity contribution in [1.29, 1.82) is 0 Å². The van der Waals surface area contributed by atoms with Gasteiger partial charge in [-0.2, -0.15) is 0 Å². The van der Waals surface area contributed by atoms with Crippen molar-refractivity contribution in [3.8, 4) is 0 Å². The Morgan fingerprint density at radius 2 is 2.00 bits per heavy atom. The number of sulfone groups is 1. The average molecular weight is 314 g/mol. The molecule has 1 saturated carbocycles. The summed E-state index contributed by atoms with van der Waals surface area (Å²) in [5, 5.41) is 1.43. The van der Waals surface area contributed by atoms with Gasteiger partial charge < -0.3 is 11.1 Å². The largest absolute Gasteiger partial charge is 0.398 e. The molecule has 1 atom stereocenters. The summed E-state index contributed by atoms with van der Waals surface area (Å²) < 4.78 is 38.1. The van der Waals surface area contributed by atoms with Crippen LogP contribution in [0.3, 0.4) is 0 Å². The Bertz CT molecular complexity index is 640. The van der Waals surface area contributed by atoms with Crippen molar-refractivity contribution in [1.82, 2.24) is 5.32 Å². The smallest absolute Gasteiger partial charge is 0.238 e. The fraction of sp³-hybridized carbons (Fsp3) is 0.500. The van der Waals surface area contributed by atoms with Crippen molar-refractivity contribution in [2.24, 2.45) is 0 Å². The molecular weight excluding hydrogens is 295 g/mol. The number of amides is 1. The first kappa shape index (κ1) is 15.8. The van der Waals surface area contributed by atoms with Crippen LogP contribution in [0.5, 0.6) is 0 Å². The van der Waals surface area contributed by atoms with Gasteiger partial charge in [0.1, 0.15) is 11.1 Å². The number of nitrogens with two attached hydrogens (primary N) is 1. The number of benzene rings is 1. The summed E-state index contributed by atoms with van der Waals surface area (Å²) in [5.74, 6) is -1.27. The minimum atomic E-state index is -4.01. The molecule has 0 bridgehead atoms. The normalized spacial score (nSPS) is 17.6. The van der Waals surface area contributed by atoms with Crippen molar-refractivity contribution >= 4 is 21.4 Å². The lowest BCUT2D eigenvalue weighted by Crippen LogP contribution is -2.42. The third kappa shape index (κ3) is 3.34. The Kier molecular flexibility index (Phi) is 4.51. The van der Waals surface area contributed by atoms with E-state index in [1.165, 1.54) is 13.0 Å². The SMILES string of the molecule is CC(C(=O)NC1CCCC1)S(=O)(=O)c1cc(F)ccc1N. The maximum Gasteiger partial charge on any atom is 0.238 e. The van der Waals surface area contributed by atoms with E-state index in [4.69, 9.17) is 5.73 Å². The fourth-order valence-electron chi connectivity index (χ4n) is 2.47. The standard InChI is InChI=1S/C14H19FN2O3S/c1-9(14(18)17-11-4-2-3-5-11)21(19,20)13-8-10(15)6-7-12(13)16/h6-9,11H,2-5,16H2,1H3,(H,17,18). The number of nitrogens with one attached hydrogen (secondary N) is 1. The van der Waals surface area contributed by atoms with Crippen LogP contribution in [0.4, 0.5) is 10.1 Å². The van der Waals surface area contributed by atoms with Gasteiger partial charge in [-0.05, 0) is 38.0 Å². The van der Waals surface area contributed by atoms with E-state index < -0.39 is 26.8 Å².